The number of benzene rings is 3. The zero-order valence-electron chi connectivity index (χ0n) is 18.4. The normalized spacial score (nSPS) is 11.6. The van der Waals surface area contributed by atoms with Crippen molar-refractivity contribution in [3.8, 4) is 0 Å². The van der Waals surface area contributed by atoms with Crippen molar-refractivity contribution >= 4 is 40.5 Å². The Balaban J connectivity index is 0.00000324. The lowest BCUT2D eigenvalue weighted by Crippen LogP contribution is -3.00. The summed E-state index contributed by atoms with van der Waals surface area (Å²) in [5.41, 5.74) is 3.07. The molecule has 0 saturated heterocycles. The number of hydrogen-bond donors (Lipinski definition) is 1. The maximum atomic E-state index is 6.34. The molecule has 4 aromatic rings. The average Bonchev–Trinajstić information content (AvgIpc) is 3.26. The summed E-state index contributed by atoms with van der Waals surface area (Å²) in [5.74, 6) is 0. The van der Waals surface area contributed by atoms with Gasteiger partial charge in [-0.2, -0.15) is 0 Å². The molecule has 1 unspecified atom stereocenters. The van der Waals surface area contributed by atoms with Gasteiger partial charge in [0.1, 0.15) is 31.6 Å². The van der Waals surface area contributed by atoms with E-state index in [9.17, 15) is 0 Å². The Morgan fingerprint density at radius 1 is 0.912 bits per heavy atom. The third-order valence-corrected chi connectivity index (χ3v) is 6.13. The molecule has 0 aliphatic heterocycles. The van der Waals surface area contributed by atoms with E-state index in [-0.39, 0.29) is 23.1 Å². The third kappa shape index (κ3) is 7.76. The van der Waals surface area contributed by atoms with Crippen LogP contribution in [-0.4, -0.2) is 11.1 Å². The summed E-state index contributed by atoms with van der Waals surface area (Å²) in [6.45, 7) is 2.73. The van der Waals surface area contributed by atoms with E-state index in [1.807, 2.05) is 54.6 Å². The second kappa shape index (κ2) is 13.2. The van der Waals surface area contributed by atoms with Crippen molar-refractivity contribution in [3.05, 3.63) is 118 Å². The van der Waals surface area contributed by atoms with Gasteiger partial charge in [0.05, 0.1) is 13.2 Å². The molecule has 0 saturated carbocycles. The smallest absolute Gasteiger partial charge is 0.243 e. The first kappa shape index (κ1) is 26.6. The van der Waals surface area contributed by atoms with Crippen LogP contribution in [0, 0.1) is 0 Å². The van der Waals surface area contributed by atoms with Crippen molar-refractivity contribution in [1.29, 1.82) is 0 Å². The van der Waals surface area contributed by atoms with Gasteiger partial charge in [0.2, 0.25) is 6.33 Å². The number of anilines is 1. The lowest BCUT2D eigenvalue weighted by atomic mass is 10.1. The number of nitrogens with one attached hydrogen (secondary N) is 1. The molecule has 0 fully saturated rings. The molecule has 0 aliphatic carbocycles. The maximum Gasteiger partial charge on any atom is 0.243 e. The van der Waals surface area contributed by atoms with Crippen LogP contribution in [0.3, 0.4) is 0 Å². The lowest BCUT2D eigenvalue weighted by Gasteiger charge is -2.17. The number of imidazole rings is 1. The molecule has 1 N–H and O–H groups in total. The molecule has 0 radical (unpaired) electrons. The Hall–Kier alpha value is -2.02. The van der Waals surface area contributed by atoms with Crippen molar-refractivity contribution in [2.24, 2.45) is 0 Å². The van der Waals surface area contributed by atoms with Gasteiger partial charge in [-0.3, -0.25) is 0 Å². The van der Waals surface area contributed by atoms with Crippen LogP contribution in [-0.2, 0) is 24.4 Å². The SMILES string of the molecule is Clc1ccc(C(C[n+]2ccn(CCNc3ccccc3)c2)OCc2ccc(Cl)cc2Cl)cc1.[Br-]. The molecule has 178 valence electrons. The van der Waals surface area contributed by atoms with Crippen LogP contribution in [0.2, 0.25) is 15.1 Å². The van der Waals surface area contributed by atoms with E-state index in [1.54, 1.807) is 6.07 Å². The van der Waals surface area contributed by atoms with Crippen molar-refractivity contribution in [2.45, 2.75) is 25.8 Å². The van der Waals surface area contributed by atoms with E-state index in [0.717, 1.165) is 29.9 Å². The van der Waals surface area contributed by atoms with E-state index in [2.05, 4.69) is 45.3 Å². The van der Waals surface area contributed by atoms with Crippen LogP contribution in [0.5, 0.6) is 0 Å². The molecule has 1 heterocycles. The first-order chi connectivity index (χ1) is 16.1. The summed E-state index contributed by atoms with van der Waals surface area (Å²) >= 11 is 18.5. The van der Waals surface area contributed by atoms with Crippen LogP contribution < -0.4 is 26.9 Å². The molecule has 4 rings (SSSR count). The Labute approximate surface area is 225 Å². The molecule has 0 bridgehead atoms. The number of rotatable bonds is 10. The third-order valence-electron chi connectivity index (χ3n) is 5.29. The topological polar surface area (TPSA) is 30.1 Å². The number of halogens is 4. The minimum absolute atomic E-state index is 0. The van der Waals surface area contributed by atoms with Crippen molar-refractivity contribution in [2.75, 3.05) is 11.9 Å². The highest BCUT2D eigenvalue weighted by molar-refractivity contribution is 6.35. The highest BCUT2D eigenvalue weighted by atomic mass is 79.9. The van der Waals surface area contributed by atoms with Crippen molar-refractivity contribution in [1.82, 2.24) is 4.57 Å². The number of aromatic nitrogens is 2. The van der Waals surface area contributed by atoms with Gasteiger partial charge in [-0.25, -0.2) is 9.13 Å². The zero-order valence-corrected chi connectivity index (χ0v) is 22.2. The van der Waals surface area contributed by atoms with E-state index < -0.39 is 0 Å². The second-order valence-corrected chi connectivity index (χ2v) is 9.01. The average molecular weight is 582 g/mol. The largest absolute Gasteiger partial charge is 1.00 e. The maximum absolute atomic E-state index is 6.34. The zero-order chi connectivity index (χ0) is 23.0. The predicted molar refractivity (Wildman–Crippen MR) is 135 cm³/mol. The minimum atomic E-state index is -0.169. The summed E-state index contributed by atoms with van der Waals surface area (Å²) in [7, 11) is 0. The Bertz CT molecular complexity index is 1170. The Kier molecular flexibility index (Phi) is 10.3. The lowest BCUT2D eigenvalue weighted by molar-refractivity contribution is -0.704. The van der Waals surface area contributed by atoms with Crippen LogP contribution in [0.1, 0.15) is 17.2 Å². The monoisotopic (exact) mass is 579 g/mol. The number of ether oxygens (including phenoxy) is 1. The molecule has 8 heteroatoms. The Morgan fingerprint density at radius 3 is 2.38 bits per heavy atom. The van der Waals surface area contributed by atoms with Crippen molar-refractivity contribution in [3.63, 3.8) is 0 Å². The number of hydrogen-bond acceptors (Lipinski definition) is 2. The molecule has 1 aromatic heterocycles. The summed E-state index contributed by atoms with van der Waals surface area (Å²) in [6, 6.07) is 23.4. The summed E-state index contributed by atoms with van der Waals surface area (Å²) < 4.78 is 10.6. The molecule has 0 spiro atoms. The van der Waals surface area contributed by atoms with Gasteiger partial charge in [-0.15, -0.1) is 0 Å². The van der Waals surface area contributed by atoms with E-state index in [4.69, 9.17) is 39.5 Å². The van der Waals surface area contributed by atoms with Crippen molar-refractivity contribution < 1.29 is 26.3 Å². The van der Waals surface area contributed by atoms with Crippen LogP contribution in [0.15, 0.2) is 91.5 Å². The fraction of sp³-hybridized carbons (Fsp3) is 0.192. The van der Waals surface area contributed by atoms with E-state index in [1.165, 1.54) is 0 Å². The summed E-state index contributed by atoms with van der Waals surface area (Å²) in [5, 5.41) is 5.34. The molecule has 1 atom stereocenters. The highest BCUT2D eigenvalue weighted by Gasteiger charge is 2.18. The fourth-order valence-corrected chi connectivity index (χ4v) is 4.11. The minimum Gasteiger partial charge on any atom is -1.00 e. The van der Waals surface area contributed by atoms with Crippen LogP contribution in [0.4, 0.5) is 5.69 Å². The second-order valence-electron chi connectivity index (χ2n) is 7.73. The van der Waals surface area contributed by atoms with Gasteiger partial charge in [-0.05, 0) is 47.5 Å². The summed E-state index contributed by atoms with van der Waals surface area (Å²) in [6.07, 6.45) is 6.05. The number of para-hydroxylation sites is 1. The molecule has 0 amide bonds. The Morgan fingerprint density at radius 2 is 1.65 bits per heavy atom. The van der Waals surface area contributed by atoms with Gasteiger partial charge in [-0.1, -0.05) is 71.2 Å². The summed E-state index contributed by atoms with van der Waals surface area (Å²) in [4.78, 5) is 0. The predicted octanol–water partition coefficient (Wildman–Crippen LogP) is 3.81. The molecular weight excluding hydrogens is 557 g/mol. The highest BCUT2D eigenvalue weighted by Crippen LogP contribution is 2.26. The number of nitrogens with zero attached hydrogens (tertiary/aromatic N) is 2. The van der Waals surface area contributed by atoms with Gasteiger partial charge < -0.3 is 27.0 Å². The van der Waals surface area contributed by atoms with Gasteiger partial charge in [0.15, 0.2) is 0 Å². The van der Waals surface area contributed by atoms with Gasteiger partial charge in [0, 0.05) is 20.8 Å². The quantitative estimate of drug-likeness (QED) is 0.289. The molecule has 34 heavy (non-hydrogen) atoms. The fourth-order valence-electron chi connectivity index (χ4n) is 3.52. The molecule has 4 nitrogen and oxygen atoms in total. The first-order valence-electron chi connectivity index (χ1n) is 10.7. The van der Waals surface area contributed by atoms with Gasteiger partial charge >= 0.3 is 0 Å². The standard InChI is InChI=1S/C26H25Cl3N3O.BrH/c27-22-9-6-20(7-10-22)26(33-18-21-8-11-23(28)16-25(21)29)17-32-15-14-31(19-32)13-12-30-24-4-2-1-3-5-24;/h1-11,14-16,19,26,30H,12-13,17-18H2;1H/q+1;/p-1. The first-order valence-corrected chi connectivity index (χ1v) is 11.8. The van der Waals surface area contributed by atoms with Crippen LogP contribution in [0.25, 0.3) is 0 Å². The van der Waals surface area contributed by atoms with Gasteiger partial charge in [0.25, 0.3) is 0 Å². The van der Waals surface area contributed by atoms with E-state index in [0.29, 0.717) is 28.2 Å². The molecular formula is C26H25BrCl3N3O. The molecule has 0 aliphatic rings. The van der Waals surface area contributed by atoms with E-state index >= 15 is 0 Å². The van der Waals surface area contributed by atoms with Crippen LogP contribution >= 0.6 is 34.8 Å². The molecule has 3 aromatic carbocycles.